The number of para-hydroxylation sites is 2. The van der Waals surface area contributed by atoms with Gasteiger partial charge in [0.05, 0.1) is 29.6 Å². The molecule has 0 saturated carbocycles. The van der Waals surface area contributed by atoms with Crippen molar-refractivity contribution in [3.05, 3.63) is 59.7 Å². The molecule has 0 bridgehead atoms. The lowest BCUT2D eigenvalue weighted by Crippen LogP contribution is -2.17. The molecule has 1 amide bonds. The fourth-order valence-electron chi connectivity index (χ4n) is 1.77. The predicted molar refractivity (Wildman–Crippen MR) is 76.6 cm³/mol. The highest BCUT2D eigenvalue weighted by molar-refractivity contribution is 6.11. The second-order valence-electron chi connectivity index (χ2n) is 4.08. The third-order valence-electron chi connectivity index (χ3n) is 2.79. The quantitative estimate of drug-likeness (QED) is 0.662. The number of anilines is 2. The molecule has 0 spiro atoms. The third-order valence-corrected chi connectivity index (χ3v) is 2.79. The van der Waals surface area contributed by atoms with Gasteiger partial charge in [-0.3, -0.25) is 4.79 Å². The van der Waals surface area contributed by atoms with Crippen LogP contribution in [0.1, 0.15) is 20.7 Å². The highest BCUT2D eigenvalue weighted by Gasteiger charge is 2.17. The van der Waals surface area contributed by atoms with Crippen LogP contribution in [0.2, 0.25) is 0 Å². The summed E-state index contributed by atoms with van der Waals surface area (Å²) < 4.78 is 4.66. The monoisotopic (exact) mass is 270 g/mol. The maximum absolute atomic E-state index is 12.2. The summed E-state index contributed by atoms with van der Waals surface area (Å²) in [6, 6.07) is 13.3. The highest BCUT2D eigenvalue weighted by atomic mass is 16.5. The Balaban J connectivity index is 2.31. The van der Waals surface area contributed by atoms with E-state index >= 15 is 0 Å². The molecule has 5 nitrogen and oxygen atoms in total. The lowest BCUT2D eigenvalue weighted by atomic mass is 10.1. The Morgan fingerprint density at radius 2 is 1.60 bits per heavy atom. The van der Waals surface area contributed by atoms with Crippen LogP contribution in [0.25, 0.3) is 0 Å². The molecule has 0 unspecified atom stereocenters. The zero-order valence-electron chi connectivity index (χ0n) is 10.9. The number of benzene rings is 2. The molecule has 2 aromatic carbocycles. The van der Waals surface area contributed by atoms with Gasteiger partial charge in [0, 0.05) is 0 Å². The highest BCUT2D eigenvalue weighted by Crippen LogP contribution is 2.19. The number of carbonyl (C=O) groups excluding carboxylic acids is 2. The zero-order valence-corrected chi connectivity index (χ0v) is 10.9. The van der Waals surface area contributed by atoms with Crippen LogP contribution >= 0.6 is 0 Å². The Labute approximate surface area is 116 Å². The van der Waals surface area contributed by atoms with E-state index in [1.807, 2.05) is 0 Å². The van der Waals surface area contributed by atoms with E-state index in [0.717, 1.165) is 0 Å². The topological polar surface area (TPSA) is 81.4 Å². The van der Waals surface area contributed by atoms with E-state index < -0.39 is 11.9 Å². The fraction of sp³-hybridized carbons (Fsp3) is 0.0667. The second kappa shape index (κ2) is 5.88. The van der Waals surface area contributed by atoms with Gasteiger partial charge in [0.2, 0.25) is 0 Å². The number of nitrogen functional groups attached to an aromatic ring is 1. The first-order valence-corrected chi connectivity index (χ1v) is 5.96. The molecule has 102 valence electrons. The van der Waals surface area contributed by atoms with Crippen molar-refractivity contribution in [1.29, 1.82) is 0 Å². The molecular weight excluding hydrogens is 256 g/mol. The lowest BCUT2D eigenvalue weighted by Gasteiger charge is -2.10. The van der Waals surface area contributed by atoms with Gasteiger partial charge in [-0.2, -0.15) is 0 Å². The lowest BCUT2D eigenvalue weighted by molar-refractivity contribution is 0.0597. The standard InChI is InChI=1S/C15H14N2O3/c1-20-15(19)11-7-3-2-6-10(11)14(18)17-13-9-5-4-8-12(13)16/h2-9H,16H2,1H3,(H,17,18). The number of hydrogen-bond acceptors (Lipinski definition) is 4. The van der Waals surface area contributed by atoms with Crippen LogP contribution in [0.4, 0.5) is 11.4 Å². The average Bonchev–Trinajstić information content (AvgIpc) is 2.48. The van der Waals surface area contributed by atoms with E-state index in [0.29, 0.717) is 11.4 Å². The zero-order chi connectivity index (χ0) is 14.5. The van der Waals surface area contributed by atoms with Crippen molar-refractivity contribution in [2.45, 2.75) is 0 Å². The van der Waals surface area contributed by atoms with E-state index in [-0.39, 0.29) is 11.1 Å². The number of ether oxygens (including phenoxy) is 1. The van der Waals surface area contributed by atoms with Crippen LogP contribution in [-0.4, -0.2) is 19.0 Å². The van der Waals surface area contributed by atoms with Gasteiger partial charge in [0.25, 0.3) is 5.91 Å². The van der Waals surface area contributed by atoms with Gasteiger partial charge in [-0.05, 0) is 24.3 Å². The van der Waals surface area contributed by atoms with Crippen LogP contribution in [0.3, 0.4) is 0 Å². The van der Waals surface area contributed by atoms with Crippen molar-refractivity contribution < 1.29 is 14.3 Å². The summed E-state index contributed by atoms with van der Waals surface area (Å²) in [5.41, 5.74) is 7.17. The van der Waals surface area contributed by atoms with Crippen molar-refractivity contribution in [3.63, 3.8) is 0 Å². The van der Waals surface area contributed by atoms with Gasteiger partial charge < -0.3 is 15.8 Å². The minimum Gasteiger partial charge on any atom is -0.465 e. The Morgan fingerprint density at radius 3 is 2.25 bits per heavy atom. The first-order valence-electron chi connectivity index (χ1n) is 5.96. The van der Waals surface area contributed by atoms with Crippen LogP contribution in [0.15, 0.2) is 48.5 Å². The van der Waals surface area contributed by atoms with Crippen LogP contribution in [-0.2, 0) is 4.74 Å². The van der Waals surface area contributed by atoms with E-state index in [9.17, 15) is 9.59 Å². The first-order chi connectivity index (χ1) is 9.63. The molecule has 2 aromatic rings. The first kappa shape index (κ1) is 13.6. The molecule has 0 heterocycles. The van der Waals surface area contributed by atoms with Gasteiger partial charge in [-0.15, -0.1) is 0 Å². The Kier molecular flexibility index (Phi) is 4.00. The summed E-state index contributed by atoms with van der Waals surface area (Å²) in [4.78, 5) is 23.9. The van der Waals surface area contributed by atoms with Crippen molar-refractivity contribution in [2.75, 3.05) is 18.2 Å². The molecule has 0 fully saturated rings. The maximum Gasteiger partial charge on any atom is 0.338 e. The van der Waals surface area contributed by atoms with E-state index in [1.54, 1.807) is 42.5 Å². The number of nitrogens with one attached hydrogen (secondary N) is 1. The van der Waals surface area contributed by atoms with E-state index in [4.69, 9.17) is 5.73 Å². The van der Waals surface area contributed by atoms with Crippen molar-refractivity contribution >= 4 is 23.3 Å². The molecule has 0 atom stereocenters. The number of rotatable bonds is 3. The molecule has 3 N–H and O–H groups in total. The van der Waals surface area contributed by atoms with Crippen molar-refractivity contribution in [2.24, 2.45) is 0 Å². The van der Waals surface area contributed by atoms with Gasteiger partial charge in [0.1, 0.15) is 0 Å². The summed E-state index contributed by atoms with van der Waals surface area (Å²) >= 11 is 0. The molecular formula is C15H14N2O3. The smallest absolute Gasteiger partial charge is 0.338 e. The van der Waals surface area contributed by atoms with Gasteiger partial charge in [-0.25, -0.2) is 4.79 Å². The number of hydrogen-bond donors (Lipinski definition) is 2. The number of nitrogens with two attached hydrogens (primary N) is 1. The summed E-state index contributed by atoms with van der Waals surface area (Å²) in [5.74, 6) is -0.972. The van der Waals surface area contributed by atoms with Gasteiger partial charge in [0.15, 0.2) is 0 Å². The fourth-order valence-corrected chi connectivity index (χ4v) is 1.77. The number of carbonyl (C=O) groups is 2. The number of amides is 1. The molecule has 0 aliphatic rings. The Morgan fingerprint density at radius 1 is 1.00 bits per heavy atom. The average molecular weight is 270 g/mol. The SMILES string of the molecule is COC(=O)c1ccccc1C(=O)Nc1ccccc1N. The molecule has 0 aliphatic carbocycles. The molecule has 0 aromatic heterocycles. The van der Waals surface area contributed by atoms with E-state index in [1.165, 1.54) is 13.2 Å². The summed E-state index contributed by atoms with van der Waals surface area (Å²) in [5, 5.41) is 2.67. The Bertz CT molecular complexity index is 653. The summed E-state index contributed by atoms with van der Waals surface area (Å²) in [7, 11) is 1.27. The van der Waals surface area contributed by atoms with Gasteiger partial charge >= 0.3 is 5.97 Å². The minimum absolute atomic E-state index is 0.210. The maximum atomic E-state index is 12.2. The largest absolute Gasteiger partial charge is 0.465 e. The number of methoxy groups -OCH3 is 1. The minimum atomic E-state index is -0.559. The van der Waals surface area contributed by atoms with E-state index in [2.05, 4.69) is 10.1 Å². The molecule has 0 radical (unpaired) electrons. The molecule has 5 heteroatoms. The van der Waals surface area contributed by atoms with Crippen LogP contribution in [0, 0.1) is 0 Å². The predicted octanol–water partition coefficient (Wildman–Crippen LogP) is 2.31. The molecule has 0 aliphatic heterocycles. The number of esters is 1. The van der Waals surface area contributed by atoms with Crippen molar-refractivity contribution in [3.8, 4) is 0 Å². The normalized spacial score (nSPS) is 9.85. The van der Waals surface area contributed by atoms with Crippen LogP contribution < -0.4 is 11.1 Å². The third kappa shape index (κ3) is 2.77. The summed E-state index contributed by atoms with van der Waals surface area (Å²) in [6.07, 6.45) is 0. The second-order valence-corrected chi connectivity index (χ2v) is 4.08. The molecule has 0 saturated heterocycles. The molecule has 2 rings (SSSR count). The molecule has 20 heavy (non-hydrogen) atoms. The van der Waals surface area contributed by atoms with Crippen molar-refractivity contribution in [1.82, 2.24) is 0 Å². The Hall–Kier alpha value is -2.82. The van der Waals surface area contributed by atoms with Gasteiger partial charge in [-0.1, -0.05) is 24.3 Å². The summed E-state index contributed by atoms with van der Waals surface area (Å²) in [6.45, 7) is 0. The van der Waals surface area contributed by atoms with Crippen LogP contribution in [0.5, 0.6) is 0 Å².